The van der Waals surface area contributed by atoms with Crippen molar-refractivity contribution in [2.75, 3.05) is 6.17 Å². The van der Waals surface area contributed by atoms with Crippen molar-refractivity contribution in [2.24, 2.45) is 0 Å². The van der Waals surface area contributed by atoms with Crippen LogP contribution < -0.4 is 5.32 Å². The summed E-state index contributed by atoms with van der Waals surface area (Å²) in [5, 5.41) is 2.71. The van der Waals surface area contributed by atoms with Crippen LogP contribution in [0.2, 0.25) is 13.1 Å². The van der Waals surface area contributed by atoms with Gasteiger partial charge in [0.05, 0.1) is 0 Å². The summed E-state index contributed by atoms with van der Waals surface area (Å²) in [4.78, 5) is 21.0. The summed E-state index contributed by atoms with van der Waals surface area (Å²) in [6.07, 6.45) is 0.390. The number of amides is 1. The third-order valence-corrected chi connectivity index (χ3v) is 2.76. The van der Waals surface area contributed by atoms with Crippen LogP contribution in [0.25, 0.3) is 0 Å². The molecule has 0 aliphatic carbocycles. The lowest BCUT2D eigenvalue weighted by Gasteiger charge is -2.14. The highest BCUT2D eigenvalue weighted by atomic mass is 28.4. The Hall–Kier alpha value is -1.13. The average molecular weight is 209 g/mol. The molecule has 4 heteroatoms. The van der Waals surface area contributed by atoms with Crippen molar-refractivity contribution in [3.8, 4) is 0 Å². The van der Waals surface area contributed by atoms with Gasteiger partial charge >= 0.3 is 0 Å². The van der Waals surface area contributed by atoms with Gasteiger partial charge in [-0.05, 0) is 25.2 Å². The van der Waals surface area contributed by atoms with Gasteiger partial charge in [0.2, 0.25) is 8.32 Å². The zero-order valence-electron chi connectivity index (χ0n) is 8.45. The summed E-state index contributed by atoms with van der Waals surface area (Å²) in [5.74, 6) is -0.125. The number of carbonyl (C=O) groups is 1. The van der Waals surface area contributed by atoms with E-state index in [9.17, 15) is 9.59 Å². The van der Waals surface area contributed by atoms with Gasteiger partial charge in [0, 0.05) is 11.7 Å². The first-order valence-electron chi connectivity index (χ1n) is 4.55. The van der Waals surface area contributed by atoms with Gasteiger partial charge in [0.1, 0.15) is 0 Å². The van der Waals surface area contributed by atoms with Gasteiger partial charge < -0.3 is 10.1 Å². The van der Waals surface area contributed by atoms with Crippen molar-refractivity contribution in [1.29, 1.82) is 0 Å². The van der Waals surface area contributed by atoms with E-state index in [0.717, 1.165) is 0 Å². The van der Waals surface area contributed by atoms with E-state index >= 15 is 0 Å². The van der Waals surface area contributed by atoms with Crippen LogP contribution in [-0.2, 0) is 0 Å². The maximum absolute atomic E-state index is 11.5. The van der Waals surface area contributed by atoms with Crippen molar-refractivity contribution in [2.45, 2.75) is 13.1 Å². The molecule has 0 unspecified atom stereocenters. The molecule has 3 nitrogen and oxygen atoms in total. The van der Waals surface area contributed by atoms with Crippen LogP contribution in [0.15, 0.2) is 30.3 Å². The van der Waals surface area contributed by atoms with Crippen LogP contribution in [0.4, 0.5) is 0 Å². The minimum absolute atomic E-state index is 0.125. The molecular weight excluding hydrogens is 194 g/mol. The van der Waals surface area contributed by atoms with E-state index in [-0.39, 0.29) is 5.91 Å². The van der Waals surface area contributed by atoms with Crippen molar-refractivity contribution in [3.63, 3.8) is 0 Å². The average Bonchev–Trinajstić information content (AvgIpc) is 2.14. The second-order valence-corrected chi connectivity index (χ2v) is 7.84. The largest absolute Gasteiger partial charge is 0.431 e. The third-order valence-electron chi connectivity index (χ3n) is 1.72. The number of hydrogen-bond acceptors (Lipinski definition) is 2. The lowest BCUT2D eigenvalue weighted by atomic mass is 10.2. The third kappa shape index (κ3) is 3.72. The van der Waals surface area contributed by atoms with E-state index in [1.54, 1.807) is 25.2 Å². The highest BCUT2D eigenvalue weighted by Gasteiger charge is 2.17. The van der Waals surface area contributed by atoms with Crippen molar-refractivity contribution < 1.29 is 9.59 Å². The molecule has 0 aliphatic heterocycles. The summed E-state index contributed by atoms with van der Waals surface area (Å²) >= 11 is 0. The molecule has 2 N–H and O–H groups in total. The predicted molar refractivity (Wildman–Crippen MR) is 58.5 cm³/mol. The van der Waals surface area contributed by atoms with Crippen molar-refractivity contribution in [1.82, 2.24) is 5.32 Å². The Morgan fingerprint density at radius 3 is 2.43 bits per heavy atom. The molecule has 0 spiro atoms. The molecule has 0 aliphatic rings. The first-order chi connectivity index (χ1) is 6.49. The molecule has 0 radical (unpaired) electrons. The van der Waals surface area contributed by atoms with E-state index in [4.69, 9.17) is 0 Å². The SMILES string of the molecule is C[Si](C)(O)CNC(=O)c1ccccc1. The molecule has 1 rings (SSSR count). The lowest BCUT2D eigenvalue weighted by molar-refractivity contribution is 0.0958. The van der Waals surface area contributed by atoms with E-state index in [0.29, 0.717) is 11.7 Å². The van der Waals surface area contributed by atoms with Gasteiger partial charge in [-0.2, -0.15) is 0 Å². The minimum atomic E-state index is -2.18. The van der Waals surface area contributed by atoms with Crippen LogP contribution in [0.1, 0.15) is 10.4 Å². The molecule has 0 atom stereocenters. The Morgan fingerprint density at radius 2 is 1.93 bits per heavy atom. The topological polar surface area (TPSA) is 49.3 Å². The maximum Gasteiger partial charge on any atom is 0.251 e. The number of carbonyl (C=O) groups excluding carboxylic acids is 1. The fraction of sp³-hybridized carbons (Fsp3) is 0.300. The zero-order valence-corrected chi connectivity index (χ0v) is 9.45. The summed E-state index contributed by atoms with van der Waals surface area (Å²) in [5.41, 5.74) is 0.630. The molecule has 76 valence electrons. The monoisotopic (exact) mass is 209 g/mol. The van der Waals surface area contributed by atoms with Crippen LogP contribution >= 0.6 is 0 Å². The van der Waals surface area contributed by atoms with Gasteiger partial charge in [0.15, 0.2) is 0 Å². The van der Waals surface area contributed by atoms with Gasteiger partial charge in [-0.3, -0.25) is 4.79 Å². The molecular formula is C10H15NO2Si. The smallest absolute Gasteiger partial charge is 0.251 e. The van der Waals surface area contributed by atoms with Crippen LogP contribution in [0.3, 0.4) is 0 Å². The predicted octanol–water partition coefficient (Wildman–Crippen LogP) is 1.15. The summed E-state index contributed by atoms with van der Waals surface area (Å²) in [6.45, 7) is 3.58. The van der Waals surface area contributed by atoms with E-state index in [2.05, 4.69) is 5.32 Å². The Labute approximate surface area is 84.9 Å². The molecule has 14 heavy (non-hydrogen) atoms. The molecule has 0 fully saturated rings. The van der Waals surface area contributed by atoms with Gasteiger partial charge in [-0.25, -0.2) is 0 Å². The molecule has 0 aromatic heterocycles. The number of benzene rings is 1. The maximum atomic E-state index is 11.5. The van der Waals surface area contributed by atoms with E-state index in [1.807, 2.05) is 18.2 Å². The molecule has 0 heterocycles. The quantitative estimate of drug-likeness (QED) is 0.734. The summed E-state index contributed by atoms with van der Waals surface area (Å²) in [7, 11) is -2.18. The van der Waals surface area contributed by atoms with Gasteiger partial charge in [-0.15, -0.1) is 0 Å². The molecule has 0 saturated carbocycles. The van der Waals surface area contributed by atoms with Crippen LogP contribution in [0.5, 0.6) is 0 Å². The first-order valence-corrected chi connectivity index (χ1v) is 7.70. The Morgan fingerprint density at radius 1 is 1.36 bits per heavy atom. The lowest BCUT2D eigenvalue weighted by Crippen LogP contribution is -2.42. The van der Waals surface area contributed by atoms with Gasteiger partial charge in [-0.1, -0.05) is 18.2 Å². The molecule has 1 amide bonds. The second-order valence-electron chi connectivity index (χ2n) is 3.86. The van der Waals surface area contributed by atoms with Crippen molar-refractivity contribution in [3.05, 3.63) is 35.9 Å². The Bertz CT molecular complexity index is 306. The molecule has 1 aromatic carbocycles. The second kappa shape index (κ2) is 4.39. The highest BCUT2D eigenvalue weighted by molar-refractivity contribution is 6.70. The van der Waals surface area contributed by atoms with Crippen LogP contribution in [-0.4, -0.2) is 25.2 Å². The summed E-state index contributed by atoms with van der Waals surface area (Å²) < 4.78 is 0. The Kier molecular flexibility index (Phi) is 3.43. The normalized spacial score (nSPS) is 11.1. The number of hydrogen-bond donors (Lipinski definition) is 2. The number of nitrogens with one attached hydrogen (secondary N) is 1. The fourth-order valence-corrected chi connectivity index (χ4v) is 1.58. The Balaban J connectivity index is 2.52. The fourth-order valence-electron chi connectivity index (χ4n) is 0.988. The highest BCUT2D eigenvalue weighted by Crippen LogP contribution is 1.99. The van der Waals surface area contributed by atoms with E-state index < -0.39 is 8.32 Å². The summed E-state index contributed by atoms with van der Waals surface area (Å²) in [6, 6.07) is 9.00. The zero-order chi connectivity index (χ0) is 10.6. The standard InChI is InChI=1S/C10H15NO2Si/c1-14(2,13)8-11-10(12)9-6-4-3-5-7-9/h3-7,13H,8H2,1-2H3,(H,11,12). The number of rotatable bonds is 3. The van der Waals surface area contributed by atoms with Crippen molar-refractivity contribution >= 4 is 14.2 Å². The molecule has 0 saturated heterocycles. The molecule has 1 aromatic rings. The molecule has 0 bridgehead atoms. The first kappa shape index (κ1) is 10.9. The minimum Gasteiger partial charge on any atom is -0.431 e. The van der Waals surface area contributed by atoms with E-state index in [1.165, 1.54) is 0 Å². The van der Waals surface area contributed by atoms with Crippen LogP contribution in [0, 0.1) is 0 Å². The van der Waals surface area contributed by atoms with Gasteiger partial charge in [0.25, 0.3) is 5.91 Å².